The highest BCUT2D eigenvalue weighted by molar-refractivity contribution is 6.57. The lowest BCUT2D eigenvalue weighted by atomic mass is 10.1. The quantitative estimate of drug-likeness (QED) is 0.406. The van der Waals surface area contributed by atoms with Crippen molar-refractivity contribution in [3.05, 3.63) is 0 Å². The van der Waals surface area contributed by atoms with E-state index in [1.807, 2.05) is 6.07 Å². The highest BCUT2D eigenvalue weighted by Gasteiger charge is 2.31. The van der Waals surface area contributed by atoms with Gasteiger partial charge in [-0.2, -0.15) is 5.26 Å². The van der Waals surface area contributed by atoms with Crippen molar-refractivity contribution in [2.75, 3.05) is 13.1 Å². The SMILES string of the molecule is BC(=O)N1CC(=O)C(C#N)C1. The monoisotopic (exact) mass is 150 g/mol. The molecule has 1 amide bonds. The van der Waals surface area contributed by atoms with E-state index in [-0.39, 0.29) is 24.7 Å². The number of nitriles is 1. The van der Waals surface area contributed by atoms with Crippen LogP contribution in [0.25, 0.3) is 0 Å². The van der Waals surface area contributed by atoms with E-state index in [2.05, 4.69) is 0 Å². The Balaban J connectivity index is 2.65. The van der Waals surface area contributed by atoms with E-state index in [9.17, 15) is 9.59 Å². The molecular formula is C6H7BN2O2. The summed E-state index contributed by atoms with van der Waals surface area (Å²) in [4.78, 5) is 23.0. The number of likely N-dealkylation sites (tertiary alicyclic amines) is 1. The molecule has 0 bridgehead atoms. The number of ketones is 1. The van der Waals surface area contributed by atoms with Crippen molar-refractivity contribution < 1.29 is 9.59 Å². The number of hydrogen-bond acceptors (Lipinski definition) is 3. The molecule has 1 fully saturated rings. The van der Waals surface area contributed by atoms with Crippen LogP contribution >= 0.6 is 0 Å². The van der Waals surface area contributed by atoms with Crippen molar-refractivity contribution in [1.82, 2.24) is 4.90 Å². The standard InChI is InChI=1S/C6H7BN2O2/c7-6(11)9-2-4(1-8)5(10)3-9/h4H,2-3,7H2. The van der Waals surface area contributed by atoms with Gasteiger partial charge in [0.15, 0.2) is 11.6 Å². The summed E-state index contributed by atoms with van der Waals surface area (Å²) in [5.74, 6) is -0.891. The maximum absolute atomic E-state index is 10.9. The number of carbonyl (C=O) groups is 2. The first-order valence-corrected chi connectivity index (χ1v) is 3.33. The molecule has 0 saturated carbocycles. The third kappa shape index (κ3) is 1.40. The van der Waals surface area contributed by atoms with Crippen LogP contribution in [0, 0.1) is 17.2 Å². The van der Waals surface area contributed by atoms with Crippen LogP contribution in [0.3, 0.4) is 0 Å². The summed E-state index contributed by atoms with van der Waals surface area (Å²) in [5, 5.41) is 8.43. The summed E-state index contributed by atoms with van der Waals surface area (Å²) < 4.78 is 0. The van der Waals surface area contributed by atoms with Gasteiger partial charge in [-0.05, 0) is 0 Å². The fourth-order valence-electron chi connectivity index (χ4n) is 1.04. The molecule has 0 spiro atoms. The molecule has 5 heteroatoms. The molecular weight excluding hydrogens is 143 g/mol. The Hall–Kier alpha value is -1.31. The van der Waals surface area contributed by atoms with E-state index < -0.39 is 5.92 Å². The van der Waals surface area contributed by atoms with Crippen LogP contribution in [0.1, 0.15) is 0 Å². The van der Waals surface area contributed by atoms with Gasteiger partial charge in [-0.25, -0.2) is 0 Å². The Kier molecular flexibility index (Phi) is 1.95. The van der Waals surface area contributed by atoms with E-state index in [1.54, 1.807) is 0 Å². The first kappa shape index (κ1) is 7.80. The number of nitrogens with zero attached hydrogens (tertiary/aromatic N) is 2. The molecule has 1 unspecified atom stereocenters. The fourth-order valence-corrected chi connectivity index (χ4v) is 1.04. The Bertz CT molecular complexity index is 245. The van der Waals surface area contributed by atoms with Gasteiger partial charge >= 0.3 is 0 Å². The molecule has 1 rings (SSSR count). The topological polar surface area (TPSA) is 61.2 Å². The van der Waals surface area contributed by atoms with Gasteiger partial charge in [-0.15, -0.1) is 0 Å². The Morgan fingerprint density at radius 2 is 2.45 bits per heavy atom. The molecule has 0 aromatic rings. The molecule has 1 atom stereocenters. The van der Waals surface area contributed by atoms with Crippen LogP contribution in [0.15, 0.2) is 0 Å². The third-order valence-electron chi connectivity index (χ3n) is 1.74. The van der Waals surface area contributed by atoms with E-state index in [0.29, 0.717) is 0 Å². The van der Waals surface area contributed by atoms with Gasteiger partial charge in [-0.1, -0.05) is 0 Å². The molecule has 0 aromatic carbocycles. The van der Waals surface area contributed by atoms with E-state index in [1.165, 1.54) is 12.7 Å². The fraction of sp³-hybridized carbons (Fsp3) is 0.500. The first-order chi connectivity index (χ1) is 5.15. The second-order valence-electron chi connectivity index (χ2n) is 2.55. The lowest BCUT2D eigenvalue weighted by Gasteiger charge is -2.10. The van der Waals surface area contributed by atoms with Crippen LogP contribution < -0.4 is 0 Å². The first-order valence-electron chi connectivity index (χ1n) is 3.33. The zero-order chi connectivity index (χ0) is 8.43. The van der Waals surface area contributed by atoms with Crippen LogP contribution in [-0.4, -0.2) is 37.4 Å². The second kappa shape index (κ2) is 2.75. The van der Waals surface area contributed by atoms with Crippen molar-refractivity contribution >= 4 is 19.4 Å². The van der Waals surface area contributed by atoms with Crippen molar-refractivity contribution in [2.45, 2.75) is 0 Å². The summed E-state index contributed by atoms with van der Waals surface area (Å²) in [7, 11) is 1.40. The van der Waals surface area contributed by atoms with Gasteiger partial charge in [-0.3, -0.25) is 9.59 Å². The molecule has 1 aliphatic heterocycles. The van der Waals surface area contributed by atoms with Gasteiger partial charge in [0.05, 0.1) is 12.6 Å². The van der Waals surface area contributed by atoms with Gasteiger partial charge in [0.1, 0.15) is 5.92 Å². The highest BCUT2D eigenvalue weighted by atomic mass is 16.2. The van der Waals surface area contributed by atoms with E-state index in [4.69, 9.17) is 5.26 Å². The molecule has 1 aliphatic rings. The highest BCUT2D eigenvalue weighted by Crippen LogP contribution is 2.10. The van der Waals surface area contributed by atoms with E-state index >= 15 is 0 Å². The second-order valence-corrected chi connectivity index (χ2v) is 2.55. The van der Waals surface area contributed by atoms with Gasteiger partial charge in [0.25, 0.3) is 0 Å². The number of rotatable bonds is 0. The summed E-state index contributed by atoms with van der Waals surface area (Å²) in [6.07, 6.45) is 0. The van der Waals surface area contributed by atoms with Crippen LogP contribution in [0.5, 0.6) is 0 Å². The van der Waals surface area contributed by atoms with Crippen molar-refractivity contribution in [3.8, 4) is 6.07 Å². The van der Waals surface area contributed by atoms with Gasteiger partial charge < -0.3 is 4.90 Å². The molecule has 4 nitrogen and oxygen atoms in total. The van der Waals surface area contributed by atoms with Crippen LogP contribution in [-0.2, 0) is 4.79 Å². The average molecular weight is 150 g/mol. The lowest BCUT2D eigenvalue weighted by molar-refractivity contribution is -0.118. The van der Waals surface area contributed by atoms with Crippen LogP contribution in [0.4, 0.5) is 4.79 Å². The summed E-state index contributed by atoms with van der Waals surface area (Å²) in [5.41, 5.74) is 0. The smallest absolute Gasteiger partial charge is 0.215 e. The zero-order valence-electron chi connectivity index (χ0n) is 6.20. The Labute approximate surface area is 65.2 Å². The number of carbonyl (C=O) groups excluding carboxylic acids is 2. The maximum Gasteiger partial charge on any atom is 0.215 e. The van der Waals surface area contributed by atoms with Crippen molar-refractivity contribution in [2.24, 2.45) is 5.92 Å². The molecule has 1 heterocycles. The molecule has 11 heavy (non-hydrogen) atoms. The number of amides is 1. The van der Waals surface area contributed by atoms with Crippen molar-refractivity contribution in [1.29, 1.82) is 5.26 Å². The average Bonchev–Trinajstić information content (AvgIpc) is 2.31. The Morgan fingerprint density at radius 3 is 2.73 bits per heavy atom. The summed E-state index contributed by atoms with van der Waals surface area (Å²) in [6, 6.07) is 1.86. The van der Waals surface area contributed by atoms with Crippen molar-refractivity contribution in [3.63, 3.8) is 0 Å². The molecule has 0 aromatic heterocycles. The van der Waals surface area contributed by atoms with Gasteiger partial charge in [0.2, 0.25) is 7.85 Å². The predicted octanol–water partition coefficient (Wildman–Crippen LogP) is -1.24. The normalized spacial score (nSPS) is 23.4. The molecule has 56 valence electrons. The summed E-state index contributed by atoms with van der Waals surface area (Å²) >= 11 is 0. The van der Waals surface area contributed by atoms with Gasteiger partial charge in [0, 0.05) is 6.54 Å². The lowest BCUT2D eigenvalue weighted by Crippen LogP contribution is -2.27. The third-order valence-corrected chi connectivity index (χ3v) is 1.74. The minimum Gasteiger partial charge on any atom is -0.343 e. The van der Waals surface area contributed by atoms with Crippen LogP contribution in [0.2, 0.25) is 0 Å². The predicted molar refractivity (Wildman–Crippen MR) is 39.6 cm³/mol. The Morgan fingerprint density at radius 1 is 1.82 bits per heavy atom. The van der Waals surface area contributed by atoms with E-state index in [0.717, 1.165) is 0 Å². The zero-order valence-corrected chi connectivity index (χ0v) is 6.20. The summed E-state index contributed by atoms with van der Waals surface area (Å²) in [6.45, 7) is 0.373. The minimum absolute atomic E-state index is 0.105. The molecule has 1 saturated heterocycles. The molecule has 0 aliphatic carbocycles. The largest absolute Gasteiger partial charge is 0.343 e. The molecule has 0 radical (unpaired) electrons. The minimum atomic E-state index is -0.598. The number of hydrogen-bond donors (Lipinski definition) is 0. The number of Topliss-reactive ketones (excluding diaryl/α,β-unsaturated/α-hetero) is 1. The maximum atomic E-state index is 10.9. The molecule has 0 N–H and O–H groups in total.